The first-order chi connectivity index (χ1) is 9.74. The highest BCUT2D eigenvalue weighted by Gasteiger charge is 2.22. The van der Waals surface area contributed by atoms with Crippen molar-refractivity contribution in [2.75, 3.05) is 18.1 Å². The molecule has 4 nitrogen and oxygen atoms in total. The molecule has 1 aromatic rings. The molecule has 0 atom stereocenters. The summed E-state index contributed by atoms with van der Waals surface area (Å²) >= 11 is 3.49. The zero-order chi connectivity index (χ0) is 14.4. The number of rotatable bonds is 6. The molecule has 1 saturated carbocycles. The third-order valence-electron chi connectivity index (χ3n) is 3.85. The number of halogens is 1. The summed E-state index contributed by atoms with van der Waals surface area (Å²) in [6.45, 7) is 2.96. The van der Waals surface area contributed by atoms with E-state index >= 15 is 0 Å². The van der Waals surface area contributed by atoms with Crippen molar-refractivity contribution in [3.05, 3.63) is 16.5 Å². The fourth-order valence-electron chi connectivity index (χ4n) is 2.92. The standard InChI is InChI=1S/C15H24BrN3O/c1-2-6-14-17-13(16)11-15(18-14)19(9-10-20)12-7-4-3-5-8-12/h11-12,20H,2-10H2,1H3. The molecule has 0 bridgehead atoms. The molecule has 0 spiro atoms. The zero-order valence-corrected chi connectivity index (χ0v) is 13.8. The summed E-state index contributed by atoms with van der Waals surface area (Å²) in [7, 11) is 0. The molecular formula is C15H24BrN3O. The maximum absolute atomic E-state index is 9.37. The summed E-state index contributed by atoms with van der Waals surface area (Å²) in [6, 6.07) is 2.48. The topological polar surface area (TPSA) is 49.2 Å². The van der Waals surface area contributed by atoms with Gasteiger partial charge in [-0.15, -0.1) is 0 Å². The van der Waals surface area contributed by atoms with Gasteiger partial charge in [-0.05, 0) is 35.2 Å². The molecule has 0 amide bonds. The summed E-state index contributed by atoms with van der Waals surface area (Å²) in [5.74, 6) is 1.84. The van der Waals surface area contributed by atoms with E-state index < -0.39 is 0 Å². The van der Waals surface area contributed by atoms with Gasteiger partial charge in [-0.1, -0.05) is 26.2 Å². The molecule has 0 aromatic carbocycles. The highest BCUT2D eigenvalue weighted by molar-refractivity contribution is 9.10. The van der Waals surface area contributed by atoms with Crippen LogP contribution in [0.4, 0.5) is 5.82 Å². The number of hydrogen-bond donors (Lipinski definition) is 1. The fourth-order valence-corrected chi connectivity index (χ4v) is 3.33. The Hall–Kier alpha value is -0.680. The van der Waals surface area contributed by atoms with Crippen LogP contribution in [0.5, 0.6) is 0 Å². The molecule has 1 N–H and O–H groups in total. The van der Waals surface area contributed by atoms with Crippen molar-refractivity contribution in [3.63, 3.8) is 0 Å². The van der Waals surface area contributed by atoms with E-state index in [1.165, 1.54) is 32.1 Å². The lowest BCUT2D eigenvalue weighted by atomic mass is 9.94. The molecule has 1 fully saturated rings. The largest absolute Gasteiger partial charge is 0.395 e. The number of anilines is 1. The van der Waals surface area contributed by atoms with E-state index in [0.29, 0.717) is 12.6 Å². The van der Waals surface area contributed by atoms with Crippen molar-refractivity contribution in [1.82, 2.24) is 9.97 Å². The first kappa shape index (κ1) is 15.7. The molecule has 1 aliphatic carbocycles. The average molecular weight is 342 g/mol. The second-order valence-corrected chi connectivity index (χ2v) is 6.24. The number of aromatic nitrogens is 2. The van der Waals surface area contributed by atoms with Crippen molar-refractivity contribution in [2.24, 2.45) is 0 Å². The highest BCUT2D eigenvalue weighted by Crippen LogP contribution is 2.27. The Bertz CT molecular complexity index is 422. The van der Waals surface area contributed by atoms with Crippen LogP contribution in [-0.4, -0.2) is 34.3 Å². The lowest BCUT2D eigenvalue weighted by Crippen LogP contribution is -2.39. The van der Waals surface area contributed by atoms with Crippen LogP contribution >= 0.6 is 15.9 Å². The fraction of sp³-hybridized carbons (Fsp3) is 0.733. The van der Waals surface area contributed by atoms with E-state index in [0.717, 1.165) is 29.1 Å². The van der Waals surface area contributed by atoms with E-state index in [-0.39, 0.29) is 6.61 Å². The van der Waals surface area contributed by atoms with Crippen LogP contribution in [0.2, 0.25) is 0 Å². The molecule has 1 aliphatic rings. The predicted molar refractivity (Wildman–Crippen MR) is 85.0 cm³/mol. The van der Waals surface area contributed by atoms with Crippen molar-refractivity contribution in [1.29, 1.82) is 0 Å². The molecule has 0 radical (unpaired) electrons. The number of nitrogens with zero attached hydrogens (tertiary/aromatic N) is 3. The molecule has 0 saturated heterocycles. The van der Waals surface area contributed by atoms with Crippen LogP contribution in [0.1, 0.15) is 51.3 Å². The van der Waals surface area contributed by atoms with Gasteiger partial charge in [0.25, 0.3) is 0 Å². The van der Waals surface area contributed by atoms with Gasteiger partial charge in [-0.25, -0.2) is 9.97 Å². The maximum Gasteiger partial charge on any atom is 0.133 e. The van der Waals surface area contributed by atoms with Gasteiger partial charge in [0.1, 0.15) is 16.2 Å². The first-order valence-corrected chi connectivity index (χ1v) is 8.45. The zero-order valence-electron chi connectivity index (χ0n) is 12.2. The molecular weight excluding hydrogens is 318 g/mol. The molecule has 1 heterocycles. The van der Waals surface area contributed by atoms with Crippen LogP contribution in [0.15, 0.2) is 10.7 Å². The minimum Gasteiger partial charge on any atom is -0.395 e. The van der Waals surface area contributed by atoms with E-state index in [2.05, 4.69) is 32.7 Å². The molecule has 5 heteroatoms. The number of aryl methyl sites for hydroxylation is 1. The van der Waals surface area contributed by atoms with Crippen LogP contribution < -0.4 is 4.90 Å². The highest BCUT2D eigenvalue weighted by atomic mass is 79.9. The summed E-state index contributed by atoms with van der Waals surface area (Å²) in [5.41, 5.74) is 0. The number of aliphatic hydroxyl groups is 1. The Morgan fingerprint density at radius 3 is 2.70 bits per heavy atom. The normalized spacial score (nSPS) is 16.4. The van der Waals surface area contributed by atoms with Gasteiger partial charge in [0.2, 0.25) is 0 Å². The third-order valence-corrected chi connectivity index (χ3v) is 4.26. The quantitative estimate of drug-likeness (QED) is 0.806. The molecule has 1 aromatic heterocycles. The Balaban J connectivity index is 2.22. The lowest BCUT2D eigenvalue weighted by molar-refractivity contribution is 0.289. The Morgan fingerprint density at radius 1 is 1.30 bits per heavy atom. The average Bonchev–Trinajstić information content (AvgIpc) is 2.45. The van der Waals surface area contributed by atoms with Crippen molar-refractivity contribution < 1.29 is 5.11 Å². The molecule has 20 heavy (non-hydrogen) atoms. The number of hydrogen-bond acceptors (Lipinski definition) is 4. The summed E-state index contributed by atoms with van der Waals surface area (Å²) in [5, 5.41) is 9.37. The first-order valence-electron chi connectivity index (χ1n) is 7.65. The van der Waals surface area contributed by atoms with Gasteiger partial charge in [-0.2, -0.15) is 0 Å². The van der Waals surface area contributed by atoms with Gasteiger partial charge in [-0.3, -0.25) is 0 Å². The van der Waals surface area contributed by atoms with Gasteiger partial charge in [0, 0.05) is 25.1 Å². The van der Waals surface area contributed by atoms with E-state index in [9.17, 15) is 5.11 Å². The molecule has 112 valence electrons. The lowest BCUT2D eigenvalue weighted by Gasteiger charge is -2.35. The van der Waals surface area contributed by atoms with Gasteiger partial charge in [0.05, 0.1) is 6.61 Å². The summed E-state index contributed by atoms with van der Waals surface area (Å²) in [6.07, 6.45) is 8.22. The minimum absolute atomic E-state index is 0.168. The third kappa shape index (κ3) is 4.16. The van der Waals surface area contributed by atoms with Gasteiger partial charge < -0.3 is 10.0 Å². The van der Waals surface area contributed by atoms with Crippen molar-refractivity contribution >= 4 is 21.7 Å². The summed E-state index contributed by atoms with van der Waals surface area (Å²) in [4.78, 5) is 11.4. The van der Waals surface area contributed by atoms with E-state index in [1.54, 1.807) is 0 Å². The Kier molecular flexibility index (Phi) is 6.23. The second kappa shape index (κ2) is 7.93. The van der Waals surface area contributed by atoms with Crippen LogP contribution in [0.3, 0.4) is 0 Å². The summed E-state index contributed by atoms with van der Waals surface area (Å²) < 4.78 is 0.838. The SMILES string of the molecule is CCCc1nc(Br)cc(N(CCO)C2CCCCC2)n1. The smallest absolute Gasteiger partial charge is 0.133 e. The number of aliphatic hydroxyl groups excluding tert-OH is 1. The molecule has 0 aliphatic heterocycles. The van der Waals surface area contributed by atoms with Crippen LogP contribution in [-0.2, 0) is 6.42 Å². The maximum atomic E-state index is 9.37. The predicted octanol–water partition coefficient (Wildman–Crippen LogP) is 3.32. The van der Waals surface area contributed by atoms with Crippen molar-refractivity contribution in [2.45, 2.75) is 57.9 Å². The van der Waals surface area contributed by atoms with Crippen LogP contribution in [0, 0.1) is 0 Å². The monoisotopic (exact) mass is 341 g/mol. The minimum atomic E-state index is 0.168. The van der Waals surface area contributed by atoms with Crippen molar-refractivity contribution in [3.8, 4) is 0 Å². The second-order valence-electron chi connectivity index (χ2n) is 5.42. The van der Waals surface area contributed by atoms with E-state index in [4.69, 9.17) is 4.98 Å². The van der Waals surface area contributed by atoms with Crippen LogP contribution in [0.25, 0.3) is 0 Å². The Morgan fingerprint density at radius 2 is 2.05 bits per heavy atom. The molecule has 2 rings (SSSR count). The van der Waals surface area contributed by atoms with Gasteiger partial charge >= 0.3 is 0 Å². The Labute approximate surface area is 129 Å². The van der Waals surface area contributed by atoms with E-state index in [1.807, 2.05) is 6.07 Å². The van der Waals surface area contributed by atoms with Gasteiger partial charge in [0.15, 0.2) is 0 Å². The molecule has 0 unspecified atom stereocenters.